The SMILES string of the molecule is CC(C)N(Cc1nc(C(=O)NC2CCN(Cc3ccccc3)CC2)cs1)C(=O)Nc1ccccc1F. The molecule has 0 bridgehead atoms. The molecule has 2 heterocycles. The van der Waals surface area contributed by atoms with Crippen molar-refractivity contribution in [2.24, 2.45) is 0 Å². The molecule has 1 fully saturated rings. The fourth-order valence-corrected chi connectivity index (χ4v) is 4.98. The number of hydrogen-bond acceptors (Lipinski definition) is 5. The molecule has 0 saturated carbocycles. The molecule has 7 nitrogen and oxygen atoms in total. The van der Waals surface area contributed by atoms with E-state index in [9.17, 15) is 14.0 Å². The van der Waals surface area contributed by atoms with Gasteiger partial charge in [0.15, 0.2) is 0 Å². The van der Waals surface area contributed by atoms with Gasteiger partial charge in [-0.05, 0) is 44.4 Å². The van der Waals surface area contributed by atoms with Crippen LogP contribution in [0.4, 0.5) is 14.9 Å². The summed E-state index contributed by atoms with van der Waals surface area (Å²) in [5, 5.41) is 8.11. The monoisotopic (exact) mass is 509 g/mol. The van der Waals surface area contributed by atoms with Gasteiger partial charge in [0.1, 0.15) is 16.5 Å². The van der Waals surface area contributed by atoms with Gasteiger partial charge in [0, 0.05) is 37.1 Å². The van der Waals surface area contributed by atoms with Crippen molar-refractivity contribution in [1.29, 1.82) is 0 Å². The third kappa shape index (κ3) is 6.89. The van der Waals surface area contributed by atoms with Crippen LogP contribution in [0.5, 0.6) is 0 Å². The normalized spacial score (nSPS) is 14.6. The summed E-state index contributed by atoms with van der Waals surface area (Å²) in [5.74, 6) is -0.681. The molecule has 3 aromatic rings. The zero-order valence-corrected chi connectivity index (χ0v) is 21.4. The summed E-state index contributed by atoms with van der Waals surface area (Å²) in [6, 6.07) is 16.0. The van der Waals surface area contributed by atoms with Crippen molar-refractivity contribution in [2.45, 2.75) is 51.9 Å². The molecule has 0 unspecified atom stereocenters. The lowest BCUT2D eigenvalue weighted by Crippen LogP contribution is -2.44. The molecule has 0 aliphatic carbocycles. The third-order valence-corrected chi connectivity index (χ3v) is 7.10. The molecule has 190 valence electrons. The van der Waals surface area contributed by atoms with Gasteiger partial charge in [-0.3, -0.25) is 9.69 Å². The zero-order valence-electron chi connectivity index (χ0n) is 20.6. The number of anilines is 1. The van der Waals surface area contributed by atoms with E-state index in [1.54, 1.807) is 22.4 Å². The number of para-hydroxylation sites is 1. The molecule has 1 aromatic heterocycles. The third-order valence-electron chi connectivity index (χ3n) is 6.26. The van der Waals surface area contributed by atoms with E-state index in [2.05, 4.69) is 44.8 Å². The largest absolute Gasteiger partial charge is 0.348 e. The van der Waals surface area contributed by atoms with Gasteiger partial charge in [0.05, 0.1) is 12.2 Å². The van der Waals surface area contributed by atoms with Crippen molar-refractivity contribution in [1.82, 2.24) is 20.1 Å². The smallest absolute Gasteiger partial charge is 0.322 e. The molecule has 2 N–H and O–H groups in total. The second-order valence-electron chi connectivity index (χ2n) is 9.27. The number of rotatable bonds is 8. The van der Waals surface area contributed by atoms with Crippen molar-refractivity contribution in [3.8, 4) is 0 Å². The van der Waals surface area contributed by atoms with Gasteiger partial charge in [0.2, 0.25) is 0 Å². The predicted octanol–water partition coefficient (Wildman–Crippen LogP) is 5.12. The summed E-state index contributed by atoms with van der Waals surface area (Å²) in [4.78, 5) is 34.1. The van der Waals surface area contributed by atoms with Crippen molar-refractivity contribution < 1.29 is 14.0 Å². The first-order chi connectivity index (χ1) is 17.4. The Hall–Kier alpha value is -3.30. The van der Waals surface area contributed by atoms with Crippen molar-refractivity contribution in [3.05, 3.63) is 82.1 Å². The molecule has 36 heavy (non-hydrogen) atoms. The van der Waals surface area contributed by atoms with Crippen LogP contribution in [0.2, 0.25) is 0 Å². The first-order valence-corrected chi connectivity index (χ1v) is 13.1. The maximum absolute atomic E-state index is 14.0. The van der Waals surface area contributed by atoms with Crippen molar-refractivity contribution >= 4 is 29.0 Å². The van der Waals surface area contributed by atoms with Crippen LogP contribution >= 0.6 is 11.3 Å². The van der Waals surface area contributed by atoms with Crippen LogP contribution in [0.15, 0.2) is 60.0 Å². The molecule has 1 aliphatic rings. The van der Waals surface area contributed by atoms with E-state index in [1.807, 2.05) is 19.9 Å². The van der Waals surface area contributed by atoms with E-state index in [4.69, 9.17) is 0 Å². The number of nitrogens with zero attached hydrogens (tertiary/aromatic N) is 3. The summed E-state index contributed by atoms with van der Waals surface area (Å²) in [7, 11) is 0. The molecule has 4 rings (SSSR count). The van der Waals surface area contributed by atoms with Gasteiger partial charge in [-0.1, -0.05) is 42.5 Å². The van der Waals surface area contributed by atoms with E-state index in [-0.39, 0.29) is 30.2 Å². The highest BCUT2D eigenvalue weighted by Crippen LogP contribution is 2.19. The van der Waals surface area contributed by atoms with Gasteiger partial charge in [-0.15, -0.1) is 11.3 Å². The highest BCUT2D eigenvalue weighted by molar-refractivity contribution is 7.09. The first kappa shape index (κ1) is 25.8. The quantitative estimate of drug-likeness (QED) is 0.442. The highest BCUT2D eigenvalue weighted by Gasteiger charge is 2.24. The Morgan fingerprint density at radius 2 is 1.81 bits per heavy atom. The topological polar surface area (TPSA) is 77.6 Å². The summed E-state index contributed by atoms with van der Waals surface area (Å²) in [6.07, 6.45) is 1.79. The maximum atomic E-state index is 14.0. The molecule has 9 heteroatoms. The Balaban J connectivity index is 1.28. The Morgan fingerprint density at radius 1 is 1.11 bits per heavy atom. The van der Waals surface area contributed by atoms with Crippen molar-refractivity contribution in [3.63, 3.8) is 0 Å². The number of nitrogens with one attached hydrogen (secondary N) is 2. The lowest BCUT2D eigenvalue weighted by molar-refractivity contribution is 0.0904. The van der Waals surface area contributed by atoms with Gasteiger partial charge in [-0.25, -0.2) is 14.2 Å². The van der Waals surface area contributed by atoms with Gasteiger partial charge in [0.25, 0.3) is 5.91 Å². The van der Waals surface area contributed by atoms with Crippen LogP contribution in [0, 0.1) is 5.82 Å². The van der Waals surface area contributed by atoms with Gasteiger partial charge >= 0.3 is 6.03 Å². The van der Waals surface area contributed by atoms with Crippen LogP contribution < -0.4 is 10.6 Å². The van der Waals surface area contributed by atoms with Gasteiger partial charge in [-0.2, -0.15) is 0 Å². The van der Waals surface area contributed by atoms with Crippen LogP contribution in [0.1, 0.15) is 47.7 Å². The zero-order chi connectivity index (χ0) is 25.5. The fraction of sp³-hybridized carbons (Fsp3) is 0.370. The lowest BCUT2D eigenvalue weighted by atomic mass is 10.0. The summed E-state index contributed by atoms with van der Waals surface area (Å²) in [6.45, 7) is 6.78. The Kier molecular flexibility index (Phi) is 8.66. The minimum atomic E-state index is -0.492. The van der Waals surface area contributed by atoms with E-state index in [0.29, 0.717) is 10.7 Å². The highest BCUT2D eigenvalue weighted by atomic mass is 32.1. The van der Waals surface area contributed by atoms with E-state index in [1.165, 1.54) is 29.0 Å². The maximum Gasteiger partial charge on any atom is 0.322 e. The molecule has 3 amide bonds. The Morgan fingerprint density at radius 3 is 2.50 bits per heavy atom. The van der Waals surface area contributed by atoms with Crippen LogP contribution in [-0.4, -0.2) is 51.9 Å². The Bertz CT molecular complexity index is 1160. The fourth-order valence-electron chi connectivity index (χ4n) is 4.21. The first-order valence-electron chi connectivity index (χ1n) is 12.2. The number of halogens is 1. The number of likely N-dealkylation sites (tertiary alicyclic amines) is 1. The molecule has 1 saturated heterocycles. The minimum absolute atomic E-state index is 0.119. The second kappa shape index (κ2) is 12.1. The number of aromatic nitrogens is 1. The summed E-state index contributed by atoms with van der Waals surface area (Å²) in [5.41, 5.74) is 1.79. The second-order valence-corrected chi connectivity index (χ2v) is 10.2. The van der Waals surface area contributed by atoms with Crippen LogP contribution in [0.25, 0.3) is 0 Å². The number of hydrogen-bond donors (Lipinski definition) is 2. The number of benzene rings is 2. The minimum Gasteiger partial charge on any atom is -0.348 e. The number of amides is 3. The lowest BCUT2D eigenvalue weighted by Gasteiger charge is -2.32. The van der Waals surface area contributed by atoms with Crippen LogP contribution in [0.3, 0.4) is 0 Å². The predicted molar refractivity (Wildman–Crippen MR) is 140 cm³/mol. The molecular formula is C27H32FN5O2S. The molecular weight excluding hydrogens is 477 g/mol. The summed E-state index contributed by atoms with van der Waals surface area (Å²) < 4.78 is 14.0. The number of thiazole rings is 1. The number of carbonyl (C=O) groups is 2. The number of carbonyl (C=O) groups excluding carboxylic acids is 2. The summed E-state index contributed by atoms with van der Waals surface area (Å²) >= 11 is 1.34. The average Bonchev–Trinajstić information content (AvgIpc) is 3.34. The molecule has 0 radical (unpaired) electrons. The van der Waals surface area contributed by atoms with E-state index >= 15 is 0 Å². The van der Waals surface area contributed by atoms with E-state index < -0.39 is 11.8 Å². The molecule has 0 spiro atoms. The number of urea groups is 1. The number of piperidine rings is 1. The molecule has 2 aromatic carbocycles. The molecule has 0 atom stereocenters. The van der Waals surface area contributed by atoms with E-state index in [0.717, 1.165) is 32.5 Å². The molecule has 1 aliphatic heterocycles. The van der Waals surface area contributed by atoms with Crippen LogP contribution in [-0.2, 0) is 13.1 Å². The van der Waals surface area contributed by atoms with Gasteiger partial charge < -0.3 is 15.5 Å². The Labute approximate surface area is 215 Å². The standard InChI is InChI=1S/C27H32FN5O2S/c1-19(2)33(27(35)31-23-11-7-6-10-22(23)28)17-25-30-24(18-36-25)26(34)29-21-12-14-32(15-13-21)16-20-8-4-3-5-9-20/h3-11,18-19,21H,12-17H2,1-2H3,(H,29,34)(H,31,35). The van der Waals surface area contributed by atoms with Crippen molar-refractivity contribution in [2.75, 3.05) is 18.4 Å². The average molecular weight is 510 g/mol.